The third-order valence-electron chi connectivity index (χ3n) is 2.32. The van der Waals surface area contributed by atoms with Crippen molar-refractivity contribution in [3.05, 3.63) is 0 Å². The summed E-state index contributed by atoms with van der Waals surface area (Å²) in [6.07, 6.45) is -3.54. The molecule has 0 aromatic heterocycles. The van der Waals surface area contributed by atoms with Crippen LogP contribution in [0.3, 0.4) is 0 Å². The second-order valence-electron chi connectivity index (χ2n) is 3.81. The molecule has 2 saturated heterocycles. The van der Waals surface area contributed by atoms with Crippen molar-refractivity contribution in [3.63, 3.8) is 0 Å². The summed E-state index contributed by atoms with van der Waals surface area (Å²) in [5, 5.41) is 1.47. The number of ether oxygens (including phenoxy) is 4. The Balaban J connectivity index is 1.93. The van der Waals surface area contributed by atoms with Gasteiger partial charge in [-0.3, -0.25) is 4.84 Å². The van der Waals surface area contributed by atoms with Crippen molar-refractivity contribution in [2.45, 2.75) is 18.3 Å². The molecule has 0 N–H and O–H groups in total. The molecule has 96 valence electrons. The van der Waals surface area contributed by atoms with Gasteiger partial charge in [0.2, 0.25) is 0 Å². The number of rotatable bonds is 4. The van der Waals surface area contributed by atoms with Gasteiger partial charge in [-0.2, -0.15) is 5.06 Å². The third kappa shape index (κ3) is 2.77. The maximum atomic E-state index is 11.1. The van der Waals surface area contributed by atoms with Crippen LogP contribution in [0.15, 0.2) is 0 Å². The van der Waals surface area contributed by atoms with Gasteiger partial charge < -0.3 is 18.9 Å². The standard InChI is InChI=1S/C9H13NO7/c1-10(2)14-4-6-7(17-9(12)16-6)5-3-13-8(11)15-5/h5-7H,3-4H2,1-2H3. The second-order valence-corrected chi connectivity index (χ2v) is 3.81. The Kier molecular flexibility index (Phi) is 3.34. The SMILES string of the molecule is CN(C)OCC1OC(=O)OC1C1COC(=O)O1. The fourth-order valence-electron chi connectivity index (χ4n) is 1.58. The minimum absolute atomic E-state index is 0.0403. The van der Waals surface area contributed by atoms with Gasteiger partial charge in [0.1, 0.15) is 13.2 Å². The molecule has 3 unspecified atom stereocenters. The van der Waals surface area contributed by atoms with E-state index >= 15 is 0 Å². The van der Waals surface area contributed by atoms with Crippen LogP contribution in [-0.4, -0.2) is 63.0 Å². The first-order chi connectivity index (χ1) is 8.06. The second kappa shape index (κ2) is 4.76. The van der Waals surface area contributed by atoms with Gasteiger partial charge in [0.15, 0.2) is 18.3 Å². The molecule has 8 nitrogen and oxygen atoms in total. The molecule has 0 amide bonds. The van der Waals surface area contributed by atoms with Crippen molar-refractivity contribution in [3.8, 4) is 0 Å². The van der Waals surface area contributed by atoms with E-state index in [1.807, 2.05) is 0 Å². The average molecular weight is 247 g/mol. The summed E-state index contributed by atoms with van der Waals surface area (Å²) in [5.74, 6) is 0. The normalized spacial score (nSPS) is 32.1. The predicted molar refractivity (Wildman–Crippen MR) is 51.0 cm³/mol. The van der Waals surface area contributed by atoms with E-state index in [9.17, 15) is 9.59 Å². The number of hydrogen-bond donors (Lipinski definition) is 0. The Labute approximate surface area is 97.3 Å². The molecule has 2 aliphatic heterocycles. The largest absolute Gasteiger partial charge is 0.509 e. The molecule has 0 bridgehead atoms. The molecule has 2 heterocycles. The summed E-state index contributed by atoms with van der Waals surface area (Å²) < 4.78 is 19.3. The minimum atomic E-state index is -0.801. The van der Waals surface area contributed by atoms with Gasteiger partial charge in [-0.15, -0.1) is 0 Å². The van der Waals surface area contributed by atoms with E-state index in [0.29, 0.717) is 0 Å². The topological polar surface area (TPSA) is 83.5 Å². The molecule has 0 radical (unpaired) electrons. The Morgan fingerprint density at radius 1 is 1.24 bits per heavy atom. The molecule has 0 spiro atoms. The first-order valence-corrected chi connectivity index (χ1v) is 5.07. The highest BCUT2D eigenvalue weighted by Crippen LogP contribution is 2.24. The Morgan fingerprint density at radius 2 is 2.00 bits per heavy atom. The zero-order chi connectivity index (χ0) is 12.4. The van der Waals surface area contributed by atoms with Crippen LogP contribution < -0.4 is 0 Å². The first kappa shape index (κ1) is 11.9. The highest BCUT2D eigenvalue weighted by atomic mass is 16.8. The summed E-state index contributed by atoms with van der Waals surface area (Å²) in [7, 11) is 3.40. The monoisotopic (exact) mass is 247 g/mol. The molecule has 8 heteroatoms. The molecule has 2 rings (SSSR count). The quantitative estimate of drug-likeness (QED) is 0.503. The van der Waals surface area contributed by atoms with E-state index in [2.05, 4.69) is 4.74 Å². The number of hydroxylamine groups is 2. The fourth-order valence-corrected chi connectivity index (χ4v) is 1.58. The lowest BCUT2D eigenvalue weighted by Crippen LogP contribution is -2.40. The fraction of sp³-hybridized carbons (Fsp3) is 0.778. The molecule has 3 atom stereocenters. The van der Waals surface area contributed by atoms with Crippen LogP contribution in [0.25, 0.3) is 0 Å². The summed E-state index contributed by atoms with van der Waals surface area (Å²) in [6.45, 7) is 0.163. The van der Waals surface area contributed by atoms with E-state index < -0.39 is 30.6 Å². The van der Waals surface area contributed by atoms with Gasteiger partial charge in [0.25, 0.3) is 0 Å². The van der Waals surface area contributed by atoms with Crippen LogP contribution in [-0.2, 0) is 23.8 Å². The molecule has 0 aliphatic carbocycles. The third-order valence-corrected chi connectivity index (χ3v) is 2.32. The lowest BCUT2D eigenvalue weighted by molar-refractivity contribution is -0.148. The summed E-state index contributed by atoms with van der Waals surface area (Å²) >= 11 is 0. The van der Waals surface area contributed by atoms with Crippen molar-refractivity contribution in [1.29, 1.82) is 0 Å². The number of hydrogen-bond acceptors (Lipinski definition) is 8. The van der Waals surface area contributed by atoms with Crippen LogP contribution in [0.1, 0.15) is 0 Å². The van der Waals surface area contributed by atoms with E-state index in [-0.39, 0.29) is 13.2 Å². The van der Waals surface area contributed by atoms with Crippen molar-refractivity contribution in [2.24, 2.45) is 0 Å². The zero-order valence-electron chi connectivity index (χ0n) is 9.45. The Bertz CT molecular complexity index is 318. The molecular formula is C9H13NO7. The number of cyclic esters (lactones) is 4. The Hall–Kier alpha value is -1.54. The molecule has 2 fully saturated rings. The van der Waals surface area contributed by atoms with Gasteiger partial charge in [-0.1, -0.05) is 0 Å². The maximum absolute atomic E-state index is 11.1. The van der Waals surface area contributed by atoms with Gasteiger partial charge >= 0.3 is 12.3 Å². The molecule has 2 aliphatic rings. The van der Waals surface area contributed by atoms with Crippen LogP contribution in [0.5, 0.6) is 0 Å². The summed E-state index contributed by atoms with van der Waals surface area (Å²) in [4.78, 5) is 27.0. The molecular weight excluding hydrogens is 234 g/mol. The molecule has 0 aromatic rings. The highest BCUT2D eigenvalue weighted by Gasteiger charge is 2.47. The number of carbonyl (C=O) groups is 2. The maximum Gasteiger partial charge on any atom is 0.509 e. The van der Waals surface area contributed by atoms with Crippen molar-refractivity contribution in [1.82, 2.24) is 5.06 Å². The number of nitrogens with zero attached hydrogens (tertiary/aromatic N) is 1. The van der Waals surface area contributed by atoms with E-state index in [1.54, 1.807) is 14.1 Å². The molecule has 0 saturated carbocycles. The van der Waals surface area contributed by atoms with E-state index in [4.69, 9.17) is 19.0 Å². The van der Waals surface area contributed by atoms with Gasteiger partial charge in [-0.05, 0) is 0 Å². The van der Waals surface area contributed by atoms with Crippen LogP contribution in [0.2, 0.25) is 0 Å². The summed E-state index contributed by atoms with van der Waals surface area (Å²) in [5.41, 5.74) is 0. The van der Waals surface area contributed by atoms with E-state index in [1.165, 1.54) is 5.06 Å². The zero-order valence-corrected chi connectivity index (χ0v) is 9.45. The predicted octanol–water partition coefficient (Wildman–Crippen LogP) is -0.0810. The van der Waals surface area contributed by atoms with Gasteiger partial charge in [0.05, 0.1) is 0 Å². The first-order valence-electron chi connectivity index (χ1n) is 5.07. The average Bonchev–Trinajstić information content (AvgIpc) is 2.81. The minimum Gasteiger partial charge on any atom is -0.430 e. The number of carbonyl (C=O) groups excluding carboxylic acids is 2. The van der Waals surface area contributed by atoms with Crippen molar-refractivity contribution >= 4 is 12.3 Å². The van der Waals surface area contributed by atoms with Crippen LogP contribution in [0, 0.1) is 0 Å². The molecule has 17 heavy (non-hydrogen) atoms. The van der Waals surface area contributed by atoms with Crippen LogP contribution >= 0.6 is 0 Å². The van der Waals surface area contributed by atoms with Crippen LogP contribution in [0.4, 0.5) is 9.59 Å². The van der Waals surface area contributed by atoms with E-state index in [0.717, 1.165) is 0 Å². The Morgan fingerprint density at radius 3 is 2.59 bits per heavy atom. The van der Waals surface area contributed by atoms with Gasteiger partial charge in [-0.25, -0.2) is 9.59 Å². The highest BCUT2D eigenvalue weighted by molar-refractivity contribution is 5.64. The van der Waals surface area contributed by atoms with Gasteiger partial charge in [0, 0.05) is 14.1 Å². The lowest BCUT2D eigenvalue weighted by Gasteiger charge is -2.19. The van der Waals surface area contributed by atoms with Crippen molar-refractivity contribution in [2.75, 3.05) is 27.3 Å². The summed E-state index contributed by atoms with van der Waals surface area (Å²) in [6, 6.07) is 0. The lowest BCUT2D eigenvalue weighted by atomic mass is 10.1. The van der Waals surface area contributed by atoms with Crippen molar-refractivity contribution < 1.29 is 33.4 Å². The smallest absolute Gasteiger partial charge is 0.430 e. The molecule has 0 aromatic carbocycles.